The third kappa shape index (κ3) is 0.400. The van der Waals surface area contributed by atoms with Crippen LogP contribution < -0.4 is 0 Å². The highest BCUT2D eigenvalue weighted by Crippen LogP contribution is 2.46. The largest absolute Gasteiger partial charge is 0.390 e. The van der Waals surface area contributed by atoms with Crippen LogP contribution in [0.25, 0.3) is 0 Å². The molecule has 2 aliphatic rings. The predicted molar refractivity (Wildman–Crippen MR) is 28.4 cm³/mol. The van der Waals surface area contributed by atoms with Gasteiger partial charge in [0.1, 0.15) is 0 Å². The van der Waals surface area contributed by atoms with E-state index in [1.54, 1.807) is 0 Å². The average Bonchev–Trinajstić information content (AvgIpc) is 2.13. The molecule has 0 bridgehead atoms. The summed E-state index contributed by atoms with van der Waals surface area (Å²) in [4.78, 5) is 0. The Morgan fingerprint density at radius 3 is 2.62 bits per heavy atom. The Hall–Kier alpha value is -0.0800. The van der Waals surface area contributed by atoms with Gasteiger partial charge in [0.05, 0.1) is 18.8 Å². The van der Waals surface area contributed by atoms with E-state index in [9.17, 15) is 0 Å². The third-order valence-corrected chi connectivity index (χ3v) is 2.18. The van der Waals surface area contributed by atoms with Crippen molar-refractivity contribution in [3.63, 3.8) is 0 Å². The summed E-state index contributed by atoms with van der Waals surface area (Å²) in [5.41, 5.74) is 0. The standard InChI is InChI=1S/C6H10O2/c1-3-2-8-6-4(3)5(6)7/h3-7H,2H2,1H3. The van der Waals surface area contributed by atoms with Crippen LogP contribution in [-0.4, -0.2) is 23.9 Å². The third-order valence-electron chi connectivity index (χ3n) is 2.18. The Morgan fingerprint density at radius 1 is 1.62 bits per heavy atom. The molecule has 2 heteroatoms. The van der Waals surface area contributed by atoms with Gasteiger partial charge in [0.25, 0.3) is 0 Å². The number of rotatable bonds is 0. The molecule has 0 amide bonds. The van der Waals surface area contributed by atoms with Crippen molar-refractivity contribution in [2.75, 3.05) is 6.61 Å². The van der Waals surface area contributed by atoms with Gasteiger partial charge in [-0.1, -0.05) is 6.92 Å². The lowest BCUT2D eigenvalue weighted by Crippen LogP contribution is -2.06. The van der Waals surface area contributed by atoms with Gasteiger partial charge in [-0.05, 0) is 5.92 Å². The molecule has 4 atom stereocenters. The molecule has 1 saturated carbocycles. The molecule has 2 fully saturated rings. The molecular weight excluding hydrogens is 104 g/mol. The van der Waals surface area contributed by atoms with E-state index in [4.69, 9.17) is 9.84 Å². The van der Waals surface area contributed by atoms with Crippen molar-refractivity contribution in [1.82, 2.24) is 0 Å². The van der Waals surface area contributed by atoms with Gasteiger partial charge in [-0.25, -0.2) is 0 Å². The van der Waals surface area contributed by atoms with Gasteiger partial charge >= 0.3 is 0 Å². The fourth-order valence-electron chi connectivity index (χ4n) is 1.53. The normalized spacial score (nSPS) is 60.8. The first-order valence-corrected chi connectivity index (χ1v) is 3.10. The number of hydrogen-bond donors (Lipinski definition) is 1. The zero-order chi connectivity index (χ0) is 5.72. The zero-order valence-corrected chi connectivity index (χ0v) is 4.87. The van der Waals surface area contributed by atoms with Crippen LogP contribution >= 0.6 is 0 Å². The lowest BCUT2D eigenvalue weighted by molar-refractivity contribution is 0.0793. The molecule has 8 heavy (non-hydrogen) atoms. The smallest absolute Gasteiger partial charge is 0.0895 e. The maximum atomic E-state index is 8.99. The van der Waals surface area contributed by atoms with Crippen molar-refractivity contribution in [3.05, 3.63) is 0 Å². The van der Waals surface area contributed by atoms with Crippen LogP contribution in [0.1, 0.15) is 6.92 Å². The van der Waals surface area contributed by atoms with Crippen molar-refractivity contribution in [3.8, 4) is 0 Å². The van der Waals surface area contributed by atoms with Crippen LogP contribution in [0.5, 0.6) is 0 Å². The number of aliphatic hydroxyl groups is 1. The van der Waals surface area contributed by atoms with Gasteiger partial charge in [0, 0.05) is 5.92 Å². The van der Waals surface area contributed by atoms with E-state index in [1.807, 2.05) is 0 Å². The van der Waals surface area contributed by atoms with E-state index in [-0.39, 0.29) is 12.2 Å². The second-order valence-electron chi connectivity index (χ2n) is 2.84. The second kappa shape index (κ2) is 1.25. The molecular formula is C6H10O2. The fourth-order valence-corrected chi connectivity index (χ4v) is 1.53. The molecule has 2 rings (SSSR count). The SMILES string of the molecule is CC1COC2C(O)C12. The van der Waals surface area contributed by atoms with Crippen molar-refractivity contribution in [2.24, 2.45) is 11.8 Å². The molecule has 1 heterocycles. The van der Waals surface area contributed by atoms with Gasteiger partial charge in [-0.15, -0.1) is 0 Å². The maximum Gasteiger partial charge on any atom is 0.0895 e. The minimum Gasteiger partial charge on any atom is -0.390 e. The average molecular weight is 114 g/mol. The van der Waals surface area contributed by atoms with Crippen LogP contribution in [0.15, 0.2) is 0 Å². The van der Waals surface area contributed by atoms with Gasteiger partial charge in [0.15, 0.2) is 0 Å². The van der Waals surface area contributed by atoms with Gasteiger partial charge in [-0.2, -0.15) is 0 Å². The summed E-state index contributed by atoms with van der Waals surface area (Å²) < 4.78 is 5.20. The minimum absolute atomic E-state index is 0.126. The fraction of sp³-hybridized carbons (Fsp3) is 1.00. The van der Waals surface area contributed by atoms with Crippen molar-refractivity contribution in [2.45, 2.75) is 19.1 Å². The zero-order valence-electron chi connectivity index (χ0n) is 4.87. The van der Waals surface area contributed by atoms with E-state index in [1.165, 1.54) is 0 Å². The molecule has 46 valence electrons. The summed E-state index contributed by atoms with van der Waals surface area (Å²) in [5, 5.41) is 8.99. The van der Waals surface area contributed by atoms with Gasteiger partial charge < -0.3 is 9.84 Å². The summed E-state index contributed by atoms with van der Waals surface area (Å²) in [5.74, 6) is 1.07. The van der Waals surface area contributed by atoms with Crippen LogP contribution in [0, 0.1) is 11.8 Å². The molecule has 1 N–H and O–H groups in total. The first kappa shape index (κ1) is 4.77. The summed E-state index contributed by atoms with van der Waals surface area (Å²) in [6.45, 7) is 2.98. The van der Waals surface area contributed by atoms with Crippen LogP contribution in [-0.2, 0) is 4.74 Å². The van der Waals surface area contributed by atoms with Crippen molar-refractivity contribution >= 4 is 0 Å². The predicted octanol–water partition coefficient (Wildman–Crippen LogP) is 0.0120. The molecule has 4 unspecified atom stereocenters. The Morgan fingerprint density at radius 2 is 2.38 bits per heavy atom. The van der Waals surface area contributed by atoms with Crippen LogP contribution in [0.3, 0.4) is 0 Å². The Balaban J connectivity index is 2.07. The minimum atomic E-state index is -0.126. The quantitative estimate of drug-likeness (QED) is 0.480. The lowest BCUT2D eigenvalue weighted by atomic mass is 10.1. The van der Waals surface area contributed by atoms with Gasteiger partial charge in [-0.3, -0.25) is 0 Å². The first-order valence-electron chi connectivity index (χ1n) is 3.10. The summed E-state index contributed by atoms with van der Waals surface area (Å²) >= 11 is 0. The Kier molecular flexibility index (Phi) is 0.746. The van der Waals surface area contributed by atoms with E-state index in [0.717, 1.165) is 6.61 Å². The van der Waals surface area contributed by atoms with E-state index in [2.05, 4.69) is 6.92 Å². The number of fused-ring (bicyclic) bond motifs is 1. The summed E-state index contributed by atoms with van der Waals surface area (Å²) in [6.07, 6.45) is 0.0868. The van der Waals surface area contributed by atoms with Crippen LogP contribution in [0.2, 0.25) is 0 Å². The molecule has 0 radical (unpaired) electrons. The topological polar surface area (TPSA) is 29.5 Å². The van der Waals surface area contributed by atoms with E-state index in [0.29, 0.717) is 11.8 Å². The second-order valence-corrected chi connectivity index (χ2v) is 2.84. The molecule has 0 aromatic heterocycles. The Labute approximate surface area is 48.5 Å². The lowest BCUT2D eigenvalue weighted by Gasteiger charge is -2.01. The number of ether oxygens (including phenoxy) is 1. The number of aliphatic hydroxyl groups excluding tert-OH is 1. The molecule has 0 aromatic rings. The molecule has 1 saturated heterocycles. The molecule has 1 aliphatic carbocycles. The number of hydrogen-bond acceptors (Lipinski definition) is 2. The van der Waals surface area contributed by atoms with E-state index >= 15 is 0 Å². The van der Waals surface area contributed by atoms with Gasteiger partial charge in [0.2, 0.25) is 0 Å². The monoisotopic (exact) mass is 114 g/mol. The molecule has 0 aromatic carbocycles. The van der Waals surface area contributed by atoms with E-state index < -0.39 is 0 Å². The maximum absolute atomic E-state index is 8.99. The first-order chi connectivity index (χ1) is 3.80. The van der Waals surface area contributed by atoms with Crippen molar-refractivity contribution in [1.29, 1.82) is 0 Å². The summed E-state index contributed by atoms with van der Waals surface area (Å²) in [6, 6.07) is 0. The molecule has 0 spiro atoms. The highest BCUT2D eigenvalue weighted by atomic mass is 16.5. The highest BCUT2D eigenvalue weighted by molar-refractivity contribution is 5.05. The molecule has 1 aliphatic heterocycles. The van der Waals surface area contributed by atoms with Crippen molar-refractivity contribution < 1.29 is 9.84 Å². The van der Waals surface area contributed by atoms with Crippen LogP contribution in [0.4, 0.5) is 0 Å². The summed E-state index contributed by atoms with van der Waals surface area (Å²) in [7, 11) is 0. The molecule has 2 nitrogen and oxygen atoms in total. The highest BCUT2D eigenvalue weighted by Gasteiger charge is 2.57. The Bertz CT molecular complexity index is 111.